The first-order valence-corrected chi connectivity index (χ1v) is 11.5. The number of aliphatic hydroxyl groups is 1. The Morgan fingerprint density at radius 1 is 0.966 bits per heavy atom. The van der Waals surface area contributed by atoms with Crippen LogP contribution >= 0.6 is 0 Å². The summed E-state index contributed by atoms with van der Waals surface area (Å²) in [5.41, 5.74) is 0.882. The van der Waals surface area contributed by atoms with Crippen molar-refractivity contribution in [2.45, 2.75) is 36.6 Å². The summed E-state index contributed by atoms with van der Waals surface area (Å²) in [6.07, 6.45) is 3.03. The molecule has 1 aliphatic rings. The van der Waals surface area contributed by atoms with Gasteiger partial charge in [-0.3, -0.25) is 4.79 Å². The molecule has 2 aromatic carbocycles. The van der Waals surface area contributed by atoms with Gasteiger partial charge in [0.25, 0.3) is 0 Å². The molecular weight excluding hydrogens is 388 g/mol. The lowest BCUT2D eigenvalue weighted by molar-refractivity contribution is -0.127. The third-order valence-electron chi connectivity index (χ3n) is 5.53. The zero-order chi connectivity index (χ0) is 20.7. The Hall–Kier alpha value is -2.22. The molecule has 156 valence electrons. The summed E-state index contributed by atoms with van der Waals surface area (Å²) in [4.78, 5) is 12.9. The molecule has 0 aliphatic heterocycles. The van der Waals surface area contributed by atoms with E-state index in [4.69, 9.17) is 0 Å². The van der Waals surface area contributed by atoms with Gasteiger partial charge in [0.15, 0.2) is 0 Å². The smallest absolute Gasteiger partial charge is 0.240 e. The summed E-state index contributed by atoms with van der Waals surface area (Å²) < 4.78 is 27.4. The van der Waals surface area contributed by atoms with Gasteiger partial charge in [-0.1, -0.05) is 48.5 Å². The largest absolute Gasteiger partial charge is 0.394 e. The molecule has 0 aromatic heterocycles. The molecule has 0 heterocycles. The zero-order valence-corrected chi connectivity index (χ0v) is 17.1. The van der Waals surface area contributed by atoms with E-state index >= 15 is 0 Å². The summed E-state index contributed by atoms with van der Waals surface area (Å²) in [5.74, 6) is 0.0752. The Morgan fingerprint density at radius 2 is 1.55 bits per heavy atom. The topological polar surface area (TPSA) is 95.5 Å². The normalized spacial score (nSPS) is 20.7. The van der Waals surface area contributed by atoms with E-state index < -0.39 is 16.1 Å². The van der Waals surface area contributed by atoms with Crippen molar-refractivity contribution in [1.82, 2.24) is 10.0 Å². The first-order chi connectivity index (χ1) is 14.0. The Labute approximate surface area is 172 Å². The lowest BCUT2D eigenvalue weighted by Gasteiger charge is -2.29. The molecule has 7 heteroatoms. The summed E-state index contributed by atoms with van der Waals surface area (Å²) in [7, 11) is -3.50. The van der Waals surface area contributed by atoms with E-state index in [0.29, 0.717) is 6.54 Å². The Morgan fingerprint density at radius 3 is 2.14 bits per heavy atom. The van der Waals surface area contributed by atoms with Gasteiger partial charge in [0, 0.05) is 12.5 Å². The van der Waals surface area contributed by atoms with Crippen LogP contribution in [0.25, 0.3) is 0 Å². The summed E-state index contributed by atoms with van der Waals surface area (Å²) >= 11 is 0. The second kappa shape index (κ2) is 10.0. The number of aliphatic hydroxyl groups excluding tert-OH is 1. The Kier molecular flexibility index (Phi) is 7.41. The molecule has 1 aliphatic carbocycles. The number of hydrogen-bond acceptors (Lipinski definition) is 4. The molecule has 0 unspecified atom stereocenters. The number of nitrogens with one attached hydrogen (secondary N) is 2. The summed E-state index contributed by atoms with van der Waals surface area (Å²) in [5, 5.41) is 12.6. The molecule has 0 bridgehead atoms. The van der Waals surface area contributed by atoms with Crippen LogP contribution in [-0.4, -0.2) is 32.6 Å². The minimum atomic E-state index is -3.50. The molecule has 29 heavy (non-hydrogen) atoms. The van der Waals surface area contributed by atoms with Gasteiger partial charge in [-0.05, 0) is 49.3 Å². The number of benzene rings is 2. The standard InChI is InChI=1S/C22H28N2O4S/c25-16-21(18-7-3-1-4-8-18)24-22(26)19-13-11-17(12-14-19)15-23-29(27,28)20-9-5-2-6-10-20/h1-10,17,19,21,23,25H,11-16H2,(H,24,26)/t17?,19?,21-/m1/s1. The fraction of sp³-hybridized carbons (Fsp3) is 0.409. The molecule has 2 aromatic rings. The second-order valence-corrected chi connectivity index (χ2v) is 9.30. The van der Waals surface area contributed by atoms with Crippen LogP contribution in [0.5, 0.6) is 0 Å². The van der Waals surface area contributed by atoms with Gasteiger partial charge >= 0.3 is 0 Å². The molecule has 1 saturated carbocycles. The first-order valence-electron chi connectivity index (χ1n) is 10.0. The first kappa shape index (κ1) is 21.5. The molecular formula is C22H28N2O4S. The molecule has 0 radical (unpaired) electrons. The van der Waals surface area contributed by atoms with Gasteiger partial charge < -0.3 is 10.4 Å². The third-order valence-corrected chi connectivity index (χ3v) is 6.97. The van der Waals surface area contributed by atoms with E-state index in [1.54, 1.807) is 30.3 Å². The highest BCUT2D eigenvalue weighted by atomic mass is 32.2. The molecule has 0 saturated heterocycles. The molecule has 3 N–H and O–H groups in total. The van der Waals surface area contributed by atoms with Crippen LogP contribution in [0.3, 0.4) is 0 Å². The lowest BCUT2D eigenvalue weighted by atomic mass is 9.81. The van der Waals surface area contributed by atoms with Crippen molar-refractivity contribution in [3.05, 3.63) is 66.2 Å². The summed E-state index contributed by atoms with van der Waals surface area (Å²) in [6.45, 7) is 0.237. The molecule has 3 rings (SSSR count). The minimum absolute atomic E-state index is 0.0452. The molecule has 1 fully saturated rings. The van der Waals surface area contributed by atoms with Gasteiger partial charge in [0.05, 0.1) is 17.5 Å². The molecule has 6 nitrogen and oxygen atoms in total. The highest BCUT2D eigenvalue weighted by Gasteiger charge is 2.28. The average Bonchev–Trinajstić information content (AvgIpc) is 2.77. The van der Waals surface area contributed by atoms with Crippen LogP contribution in [-0.2, 0) is 14.8 Å². The second-order valence-electron chi connectivity index (χ2n) is 7.54. The predicted molar refractivity (Wildman–Crippen MR) is 111 cm³/mol. The van der Waals surface area contributed by atoms with E-state index in [-0.39, 0.29) is 29.2 Å². The number of hydrogen-bond donors (Lipinski definition) is 3. The van der Waals surface area contributed by atoms with E-state index in [2.05, 4.69) is 10.0 Å². The van der Waals surface area contributed by atoms with Crippen LogP contribution in [0.4, 0.5) is 0 Å². The van der Waals surface area contributed by atoms with Crippen LogP contribution in [0.15, 0.2) is 65.6 Å². The van der Waals surface area contributed by atoms with Crippen LogP contribution in [0.1, 0.15) is 37.3 Å². The molecule has 1 atom stereocenters. The van der Waals surface area contributed by atoms with Gasteiger partial charge in [-0.25, -0.2) is 13.1 Å². The predicted octanol–water partition coefficient (Wildman–Crippen LogP) is 2.62. The van der Waals surface area contributed by atoms with E-state index in [9.17, 15) is 18.3 Å². The van der Waals surface area contributed by atoms with Gasteiger partial charge in [-0.15, -0.1) is 0 Å². The molecule has 1 amide bonds. The van der Waals surface area contributed by atoms with E-state index in [1.165, 1.54) is 0 Å². The fourth-order valence-corrected chi connectivity index (χ4v) is 4.89. The van der Waals surface area contributed by atoms with Crippen molar-refractivity contribution in [3.8, 4) is 0 Å². The maximum atomic E-state index is 12.6. The van der Waals surface area contributed by atoms with Crippen LogP contribution in [0, 0.1) is 11.8 Å². The van der Waals surface area contributed by atoms with E-state index in [1.807, 2.05) is 30.3 Å². The van der Waals surface area contributed by atoms with Crippen molar-refractivity contribution < 1.29 is 18.3 Å². The zero-order valence-electron chi connectivity index (χ0n) is 16.3. The summed E-state index contributed by atoms with van der Waals surface area (Å²) in [6, 6.07) is 17.4. The minimum Gasteiger partial charge on any atom is -0.394 e. The molecule has 0 spiro atoms. The fourth-order valence-electron chi connectivity index (χ4n) is 3.75. The van der Waals surface area contributed by atoms with Crippen LogP contribution < -0.4 is 10.0 Å². The van der Waals surface area contributed by atoms with Crippen molar-refractivity contribution in [3.63, 3.8) is 0 Å². The Balaban J connectivity index is 1.47. The van der Waals surface area contributed by atoms with E-state index in [0.717, 1.165) is 31.2 Å². The number of carbonyl (C=O) groups is 1. The highest BCUT2D eigenvalue weighted by molar-refractivity contribution is 7.89. The van der Waals surface area contributed by atoms with Crippen molar-refractivity contribution >= 4 is 15.9 Å². The quantitative estimate of drug-likeness (QED) is 0.616. The van der Waals surface area contributed by atoms with Crippen molar-refractivity contribution in [2.75, 3.05) is 13.2 Å². The lowest BCUT2D eigenvalue weighted by Crippen LogP contribution is -2.38. The maximum Gasteiger partial charge on any atom is 0.240 e. The SMILES string of the molecule is O=C(N[C@H](CO)c1ccccc1)C1CCC(CNS(=O)(=O)c2ccccc2)CC1. The number of carbonyl (C=O) groups excluding carboxylic acids is 1. The number of amides is 1. The highest BCUT2D eigenvalue weighted by Crippen LogP contribution is 2.29. The van der Waals surface area contributed by atoms with Gasteiger partial charge in [0.2, 0.25) is 15.9 Å². The number of sulfonamides is 1. The monoisotopic (exact) mass is 416 g/mol. The van der Waals surface area contributed by atoms with Gasteiger partial charge in [-0.2, -0.15) is 0 Å². The third kappa shape index (κ3) is 5.88. The maximum absolute atomic E-state index is 12.6. The van der Waals surface area contributed by atoms with Crippen molar-refractivity contribution in [1.29, 1.82) is 0 Å². The number of rotatable bonds is 8. The van der Waals surface area contributed by atoms with Gasteiger partial charge in [0.1, 0.15) is 0 Å². The Bertz CT molecular complexity index is 880. The average molecular weight is 417 g/mol. The van der Waals surface area contributed by atoms with Crippen molar-refractivity contribution in [2.24, 2.45) is 11.8 Å². The van der Waals surface area contributed by atoms with Crippen LogP contribution in [0.2, 0.25) is 0 Å².